The second kappa shape index (κ2) is 2.46. The molecule has 0 saturated carbocycles. The van der Waals surface area contributed by atoms with Crippen LogP contribution < -0.4 is 5.32 Å². The van der Waals surface area contributed by atoms with Gasteiger partial charge in [0.05, 0.1) is 13.2 Å². The number of nitrogens with one attached hydrogen (secondary N) is 1. The molecular weight excluding hydrogens is 150 g/mol. The van der Waals surface area contributed by atoms with Gasteiger partial charge < -0.3 is 10.1 Å². The van der Waals surface area contributed by atoms with Crippen LogP contribution >= 0.6 is 0 Å². The van der Waals surface area contributed by atoms with Crippen molar-refractivity contribution in [3.8, 4) is 0 Å². The van der Waals surface area contributed by atoms with Gasteiger partial charge in [-0.3, -0.25) is 0 Å². The average molecular weight is 169 g/mol. The van der Waals surface area contributed by atoms with E-state index in [1.807, 2.05) is 0 Å². The lowest BCUT2D eigenvalue weighted by molar-refractivity contribution is -0.167. The fourth-order valence-corrected chi connectivity index (χ4v) is 2.55. The predicted octanol–water partition coefficient (Wildman–Crippen LogP) is 1.27. The second-order valence-corrected chi connectivity index (χ2v) is 4.95. The maximum atomic E-state index is 5.37. The standard InChI is InChI=1S/C10H19NO/c1-8(2)9(3)4-11-5-10(9)6-12-7-10/h8,11H,4-7H2,1-3H3. The number of ether oxygens (including phenoxy) is 1. The Balaban J connectivity index is 2.23. The van der Waals surface area contributed by atoms with Gasteiger partial charge in [0.1, 0.15) is 0 Å². The van der Waals surface area contributed by atoms with Crippen LogP contribution in [0, 0.1) is 16.7 Å². The van der Waals surface area contributed by atoms with Crippen molar-refractivity contribution in [1.29, 1.82) is 0 Å². The van der Waals surface area contributed by atoms with Crippen molar-refractivity contribution in [2.24, 2.45) is 16.7 Å². The zero-order chi connectivity index (χ0) is 8.82. The first-order valence-corrected chi connectivity index (χ1v) is 4.89. The Bertz CT molecular complexity index is 186. The molecule has 1 N–H and O–H groups in total. The van der Waals surface area contributed by atoms with Crippen molar-refractivity contribution in [3.05, 3.63) is 0 Å². The molecule has 12 heavy (non-hydrogen) atoms. The third-order valence-electron chi connectivity index (χ3n) is 4.20. The highest BCUT2D eigenvalue weighted by molar-refractivity contribution is 5.07. The molecule has 2 heterocycles. The Labute approximate surface area is 74.7 Å². The highest BCUT2D eigenvalue weighted by Gasteiger charge is 2.57. The molecular formula is C10H19NO. The van der Waals surface area contributed by atoms with Crippen molar-refractivity contribution < 1.29 is 4.74 Å². The first-order chi connectivity index (χ1) is 5.61. The highest BCUT2D eigenvalue weighted by Crippen LogP contribution is 2.51. The fraction of sp³-hybridized carbons (Fsp3) is 1.00. The van der Waals surface area contributed by atoms with E-state index >= 15 is 0 Å². The number of rotatable bonds is 1. The normalized spacial score (nSPS) is 39.0. The van der Waals surface area contributed by atoms with Crippen molar-refractivity contribution in [1.82, 2.24) is 5.32 Å². The Morgan fingerprint density at radius 2 is 1.92 bits per heavy atom. The number of hydrogen-bond donors (Lipinski definition) is 1. The largest absolute Gasteiger partial charge is 0.380 e. The Kier molecular flexibility index (Phi) is 1.74. The van der Waals surface area contributed by atoms with E-state index in [2.05, 4.69) is 26.1 Å². The van der Waals surface area contributed by atoms with E-state index in [0.717, 1.165) is 32.2 Å². The van der Waals surface area contributed by atoms with Crippen LogP contribution in [-0.2, 0) is 4.74 Å². The molecule has 2 nitrogen and oxygen atoms in total. The minimum absolute atomic E-state index is 0.450. The lowest BCUT2D eigenvalue weighted by Crippen LogP contribution is -2.55. The van der Waals surface area contributed by atoms with Gasteiger partial charge in [0.15, 0.2) is 0 Å². The summed E-state index contributed by atoms with van der Waals surface area (Å²) in [6, 6.07) is 0. The molecule has 2 rings (SSSR count). The summed E-state index contributed by atoms with van der Waals surface area (Å²) in [5.41, 5.74) is 0.909. The first-order valence-electron chi connectivity index (χ1n) is 4.89. The Morgan fingerprint density at radius 1 is 1.25 bits per heavy atom. The van der Waals surface area contributed by atoms with Gasteiger partial charge in [0, 0.05) is 18.5 Å². The summed E-state index contributed by atoms with van der Waals surface area (Å²) in [5.74, 6) is 0.747. The molecule has 0 aliphatic carbocycles. The minimum atomic E-state index is 0.450. The average Bonchev–Trinajstić information content (AvgIpc) is 2.26. The maximum Gasteiger partial charge on any atom is 0.0562 e. The van der Waals surface area contributed by atoms with Gasteiger partial charge in [0.25, 0.3) is 0 Å². The lowest BCUT2D eigenvalue weighted by Gasteiger charge is -2.51. The predicted molar refractivity (Wildman–Crippen MR) is 49.1 cm³/mol. The lowest BCUT2D eigenvalue weighted by atomic mass is 9.60. The molecule has 0 aromatic heterocycles. The van der Waals surface area contributed by atoms with Gasteiger partial charge in [0.2, 0.25) is 0 Å². The highest BCUT2D eigenvalue weighted by atomic mass is 16.5. The van der Waals surface area contributed by atoms with Crippen LogP contribution in [-0.4, -0.2) is 26.3 Å². The Morgan fingerprint density at radius 3 is 2.25 bits per heavy atom. The van der Waals surface area contributed by atoms with Gasteiger partial charge in [-0.1, -0.05) is 20.8 Å². The van der Waals surface area contributed by atoms with Crippen LogP contribution in [0.15, 0.2) is 0 Å². The van der Waals surface area contributed by atoms with Crippen LogP contribution in [0.4, 0.5) is 0 Å². The molecule has 1 unspecified atom stereocenters. The molecule has 0 radical (unpaired) electrons. The van der Waals surface area contributed by atoms with Crippen molar-refractivity contribution in [2.75, 3.05) is 26.3 Å². The molecule has 1 spiro atoms. The SMILES string of the molecule is CC(C)C1(C)CNCC12COC2. The summed E-state index contributed by atoms with van der Waals surface area (Å²) in [4.78, 5) is 0. The second-order valence-electron chi connectivity index (χ2n) is 4.95. The molecule has 70 valence electrons. The molecule has 0 aromatic rings. The first kappa shape index (κ1) is 8.52. The van der Waals surface area contributed by atoms with E-state index in [1.54, 1.807) is 0 Å². The third-order valence-corrected chi connectivity index (χ3v) is 4.20. The third kappa shape index (κ3) is 0.826. The van der Waals surface area contributed by atoms with E-state index in [4.69, 9.17) is 4.74 Å². The van der Waals surface area contributed by atoms with Crippen molar-refractivity contribution >= 4 is 0 Å². The monoisotopic (exact) mass is 169 g/mol. The van der Waals surface area contributed by atoms with E-state index in [1.165, 1.54) is 0 Å². The van der Waals surface area contributed by atoms with E-state index < -0.39 is 0 Å². The quantitative estimate of drug-likeness (QED) is 0.638. The van der Waals surface area contributed by atoms with Crippen LogP contribution in [0.25, 0.3) is 0 Å². The van der Waals surface area contributed by atoms with Crippen LogP contribution in [0.5, 0.6) is 0 Å². The maximum absolute atomic E-state index is 5.37. The van der Waals surface area contributed by atoms with E-state index in [9.17, 15) is 0 Å². The molecule has 2 aliphatic rings. The summed E-state index contributed by atoms with van der Waals surface area (Å²) >= 11 is 0. The summed E-state index contributed by atoms with van der Waals surface area (Å²) in [7, 11) is 0. The molecule has 0 bridgehead atoms. The van der Waals surface area contributed by atoms with Crippen LogP contribution in [0.3, 0.4) is 0 Å². The van der Waals surface area contributed by atoms with E-state index in [0.29, 0.717) is 10.8 Å². The zero-order valence-electron chi connectivity index (χ0n) is 8.31. The van der Waals surface area contributed by atoms with Gasteiger partial charge in [-0.25, -0.2) is 0 Å². The van der Waals surface area contributed by atoms with Crippen molar-refractivity contribution in [2.45, 2.75) is 20.8 Å². The number of hydrogen-bond acceptors (Lipinski definition) is 2. The smallest absolute Gasteiger partial charge is 0.0562 e. The van der Waals surface area contributed by atoms with Gasteiger partial charge in [-0.05, 0) is 11.3 Å². The van der Waals surface area contributed by atoms with Crippen LogP contribution in [0.2, 0.25) is 0 Å². The summed E-state index contributed by atoms with van der Waals surface area (Å²) in [6.07, 6.45) is 0. The molecule has 2 aliphatic heterocycles. The molecule has 2 saturated heterocycles. The van der Waals surface area contributed by atoms with Gasteiger partial charge >= 0.3 is 0 Å². The Hall–Kier alpha value is -0.0800. The summed E-state index contributed by atoms with van der Waals surface area (Å²) < 4.78 is 5.37. The van der Waals surface area contributed by atoms with Crippen molar-refractivity contribution in [3.63, 3.8) is 0 Å². The van der Waals surface area contributed by atoms with E-state index in [-0.39, 0.29) is 0 Å². The fourth-order valence-electron chi connectivity index (χ4n) is 2.55. The molecule has 0 aromatic carbocycles. The summed E-state index contributed by atoms with van der Waals surface area (Å²) in [6.45, 7) is 11.3. The zero-order valence-corrected chi connectivity index (χ0v) is 8.31. The minimum Gasteiger partial charge on any atom is -0.380 e. The molecule has 2 fully saturated rings. The van der Waals surface area contributed by atoms with Gasteiger partial charge in [-0.15, -0.1) is 0 Å². The molecule has 2 heteroatoms. The molecule has 1 atom stereocenters. The van der Waals surface area contributed by atoms with Gasteiger partial charge in [-0.2, -0.15) is 0 Å². The molecule has 0 amide bonds. The van der Waals surface area contributed by atoms with Crippen LogP contribution in [0.1, 0.15) is 20.8 Å². The summed E-state index contributed by atoms with van der Waals surface area (Å²) in [5, 5.41) is 3.51. The topological polar surface area (TPSA) is 21.3 Å².